The lowest BCUT2D eigenvalue weighted by Crippen LogP contribution is -2.31. The number of rotatable bonds is 3. The molecule has 0 bridgehead atoms. The molecule has 0 saturated carbocycles. The van der Waals surface area contributed by atoms with Crippen molar-refractivity contribution < 1.29 is 13.2 Å². The summed E-state index contributed by atoms with van der Waals surface area (Å²) in [5.74, 6) is -1.19. The Morgan fingerprint density at radius 2 is 2.00 bits per heavy atom. The zero-order valence-corrected chi connectivity index (χ0v) is 10.7. The summed E-state index contributed by atoms with van der Waals surface area (Å²) in [6.45, 7) is 0. The molecule has 2 rings (SSSR count). The van der Waals surface area contributed by atoms with Gasteiger partial charge < -0.3 is 0 Å². The number of nitrogens with zero attached hydrogens (tertiary/aromatic N) is 1. The van der Waals surface area contributed by atoms with E-state index < -0.39 is 21.8 Å². The quantitative estimate of drug-likeness (QED) is 0.862. The van der Waals surface area contributed by atoms with E-state index in [0.29, 0.717) is 10.9 Å². The number of carbonyl (C=O) groups excluding carboxylic acids is 1. The Balaban J connectivity index is 2.57. The molecule has 0 aliphatic carbocycles. The van der Waals surface area contributed by atoms with Crippen LogP contribution in [-0.4, -0.2) is 25.2 Å². The summed E-state index contributed by atoms with van der Waals surface area (Å²) in [5.41, 5.74) is 0.315. The normalized spacial score (nSPS) is 11.4. The second kappa shape index (κ2) is 4.91. The van der Waals surface area contributed by atoms with Crippen LogP contribution in [0, 0.1) is 0 Å². The molecule has 0 aliphatic heterocycles. The maximum atomic E-state index is 12.0. The van der Waals surface area contributed by atoms with Crippen LogP contribution in [0.2, 0.25) is 0 Å². The van der Waals surface area contributed by atoms with Crippen molar-refractivity contribution in [1.29, 1.82) is 0 Å². The van der Waals surface area contributed by atoms with Gasteiger partial charge in [0.1, 0.15) is 10.8 Å². The summed E-state index contributed by atoms with van der Waals surface area (Å²) < 4.78 is 25.8. The van der Waals surface area contributed by atoms with E-state index in [4.69, 9.17) is 11.6 Å². The van der Waals surface area contributed by atoms with E-state index in [0.717, 1.165) is 0 Å². The van der Waals surface area contributed by atoms with Crippen LogP contribution in [0.1, 0.15) is 0 Å². The highest BCUT2D eigenvalue weighted by molar-refractivity contribution is 7.90. The highest BCUT2D eigenvalue weighted by atomic mass is 35.5. The number of halogens is 1. The van der Waals surface area contributed by atoms with Gasteiger partial charge in [0, 0.05) is 11.6 Å². The minimum Gasteiger partial charge on any atom is -0.273 e. The molecule has 94 valence electrons. The van der Waals surface area contributed by atoms with Crippen molar-refractivity contribution in [3.05, 3.63) is 36.5 Å². The number of benzene rings is 1. The van der Waals surface area contributed by atoms with Crippen LogP contribution >= 0.6 is 11.6 Å². The van der Waals surface area contributed by atoms with Crippen molar-refractivity contribution in [2.45, 2.75) is 4.90 Å². The first-order valence-corrected chi connectivity index (χ1v) is 7.02. The average molecular weight is 285 g/mol. The molecule has 0 saturated heterocycles. The summed E-state index contributed by atoms with van der Waals surface area (Å²) >= 11 is 5.27. The lowest BCUT2D eigenvalue weighted by atomic mass is 10.2. The van der Waals surface area contributed by atoms with Crippen LogP contribution in [0.15, 0.2) is 41.4 Å². The molecule has 1 heterocycles. The van der Waals surface area contributed by atoms with E-state index in [1.165, 1.54) is 12.3 Å². The molecule has 1 aromatic carbocycles. The van der Waals surface area contributed by atoms with Gasteiger partial charge in [-0.2, -0.15) is 0 Å². The van der Waals surface area contributed by atoms with E-state index in [9.17, 15) is 13.2 Å². The van der Waals surface area contributed by atoms with Gasteiger partial charge in [0.15, 0.2) is 0 Å². The van der Waals surface area contributed by atoms with Crippen molar-refractivity contribution in [1.82, 2.24) is 9.71 Å². The van der Waals surface area contributed by atoms with Crippen molar-refractivity contribution in [2.75, 3.05) is 5.88 Å². The molecule has 18 heavy (non-hydrogen) atoms. The second-order valence-electron chi connectivity index (χ2n) is 3.49. The van der Waals surface area contributed by atoms with Crippen molar-refractivity contribution >= 4 is 38.4 Å². The summed E-state index contributed by atoms with van der Waals surface area (Å²) in [4.78, 5) is 15.1. The zero-order chi connectivity index (χ0) is 13.2. The third-order valence-electron chi connectivity index (χ3n) is 2.25. The number of aromatic nitrogens is 1. The van der Waals surface area contributed by atoms with Crippen LogP contribution in [0.5, 0.6) is 0 Å². The molecule has 0 spiro atoms. The number of para-hydroxylation sites is 1. The fraction of sp³-hybridized carbons (Fsp3) is 0.0909. The van der Waals surface area contributed by atoms with Gasteiger partial charge in [-0.3, -0.25) is 9.78 Å². The van der Waals surface area contributed by atoms with Gasteiger partial charge in [-0.05, 0) is 12.1 Å². The molecule has 0 fully saturated rings. The third-order valence-corrected chi connectivity index (χ3v) is 3.90. The van der Waals surface area contributed by atoms with Gasteiger partial charge in [-0.15, -0.1) is 11.6 Å². The topological polar surface area (TPSA) is 76.1 Å². The van der Waals surface area contributed by atoms with Crippen LogP contribution in [0.3, 0.4) is 0 Å². The number of hydrogen-bond donors (Lipinski definition) is 1. The molecule has 1 amide bonds. The van der Waals surface area contributed by atoms with Gasteiger partial charge >= 0.3 is 0 Å². The Kier molecular flexibility index (Phi) is 3.49. The second-order valence-corrected chi connectivity index (χ2v) is 5.41. The van der Waals surface area contributed by atoms with Gasteiger partial charge in [0.05, 0.1) is 5.52 Å². The highest BCUT2D eigenvalue weighted by Crippen LogP contribution is 2.20. The first kappa shape index (κ1) is 12.8. The lowest BCUT2D eigenvalue weighted by Gasteiger charge is -2.07. The van der Waals surface area contributed by atoms with Crippen LogP contribution in [0.25, 0.3) is 10.9 Å². The van der Waals surface area contributed by atoms with E-state index in [-0.39, 0.29) is 4.90 Å². The van der Waals surface area contributed by atoms with E-state index >= 15 is 0 Å². The Bertz CT molecular complexity index is 695. The molecular formula is C11H9ClN2O3S. The predicted molar refractivity (Wildman–Crippen MR) is 67.8 cm³/mol. The van der Waals surface area contributed by atoms with E-state index in [2.05, 4.69) is 4.98 Å². The van der Waals surface area contributed by atoms with Gasteiger partial charge in [0.25, 0.3) is 10.0 Å². The standard InChI is InChI=1S/C11H9ClN2O3S/c12-7-10(15)14-18(16,17)9-5-1-3-8-4-2-6-13-11(8)9/h1-6H,7H2,(H,14,15). The van der Waals surface area contributed by atoms with Crippen molar-refractivity contribution in [2.24, 2.45) is 0 Å². The van der Waals surface area contributed by atoms with Gasteiger partial charge in [0.2, 0.25) is 5.91 Å². The molecule has 2 aromatic rings. The van der Waals surface area contributed by atoms with Crippen LogP contribution < -0.4 is 4.72 Å². The fourth-order valence-electron chi connectivity index (χ4n) is 1.53. The minimum absolute atomic E-state index is 0.0425. The average Bonchev–Trinajstić information content (AvgIpc) is 2.37. The lowest BCUT2D eigenvalue weighted by molar-refractivity contribution is -0.116. The zero-order valence-electron chi connectivity index (χ0n) is 9.13. The molecule has 5 nitrogen and oxygen atoms in total. The summed E-state index contributed by atoms with van der Waals surface area (Å²) in [6, 6.07) is 8.16. The number of amides is 1. The SMILES string of the molecule is O=C(CCl)NS(=O)(=O)c1cccc2cccnc12. The molecule has 0 atom stereocenters. The molecule has 7 heteroatoms. The largest absolute Gasteiger partial charge is 0.273 e. The fourth-order valence-corrected chi connectivity index (χ4v) is 2.84. The molecule has 0 aliphatic rings. The number of nitrogens with one attached hydrogen (secondary N) is 1. The Morgan fingerprint density at radius 3 is 2.72 bits per heavy atom. The maximum Gasteiger partial charge on any atom is 0.266 e. The predicted octanol–water partition coefficient (Wildman–Crippen LogP) is 1.28. The summed E-state index contributed by atoms with van der Waals surface area (Å²) in [6.07, 6.45) is 1.49. The van der Waals surface area contributed by atoms with Crippen molar-refractivity contribution in [3.8, 4) is 0 Å². The number of pyridine rings is 1. The van der Waals surface area contributed by atoms with Crippen LogP contribution in [0.4, 0.5) is 0 Å². The first-order chi connectivity index (χ1) is 8.54. The molecular weight excluding hydrogens is 276 g/mol. The Labute approximate surface area is 109 Å². The number of hydrogen-bond acceptors (Lipinski definition) is 4. The Morgan fingerprint density at radius 1 is 1.28 bits per heavy atom. The van der Waals surface area contributed by atoms with E-state index in [1.807, 2.05) is 4.72 Å². The number of carbonyl (C=O) groups is 1. The summed E-state index contributed by atoms with van der Waals surface area (Å²) in [5, 5.41) is 0.679. The van der Waals surface area contributed by atoms with Gasteiger partial charge in [-0.25, -0.2) is 13.1 Å². The number of fused-ring (bicyclic) bond motifs is 1. The molecule has 0 radical (unpaired) electrons. The van der Waals surface area contributed by atoms with Crippen LogP contribution in [-0.2, 0) is 14.8 Å². The van der Waals surface area contributed by atoms with E-state index in [1.54, 1.807) is 24.3 Å². The number of alkyl halides is 1. The first-order valence-electron chi connectivity index (χ1n) is 5.00. The minimum atomic E-state index is -3.94. The van der Waals surface area contributed by atoms with Crippen molar-refractivity contribution in [3.63, 3.8) is 0 Å². The molecule has 1 aromatic heterocycles. The van der Waals surface area contributed by atoms with Gasteiger partial charge in [-0.1, -0.05) is 18.2 Å². The maximum absolute atomic E-state index is 12.0. The highest BCUT2D eigenvalue weighted by Gasteiger charge is 2.20. The monoisotopic (exact) mass is 284 g/mol. The number of sulfonamides is 1. The summed E-state index contributed by atoms with van der Waals surface area (Å²) in [7, 11) is -3.94. The molecule has 1 N–H and O–H groups in total. The third kappa shape index (κ3) is 2.44. The Hall–Kier alpha value is -1.66. The smallest absolute Gasteiger partial charge is 0.266 e. The molecule has 0 unspecified atom stereocenters.